The zero-order valence-corrected chi connectivity index (χ0v) is 15.7. The molecule has 1 atom stereocenters. The molecule has 3 aliphatic rings. The van der Waals surface area contributed by atoms with E-state index in [4.69, 9.17) is 0 Å². The van der Waals surface area contributed by atoms with Crippen LogP contribution in [0.3, 0.4) is 0 Å². The number of nitrogens with one attached hydrogen (secondary N) is 1. The number of sulfone groups is 1. The molecule has 0 aromatic heterocycles. The van der Waals surface area contributed by atoms with Gasteiger partial charge in [0.05, 0.1) is 24.6 Å². The fourth-order valence-corrected chi connectivity index (χ4v) is 5.25. The molecule has 2 aliphatic heterocycles. The number of hydrogen-bond donors (Lipinski definition) is 1. The third-order valence-electron chi connectivity index (χ3n) is 4.92. The zero-order chi connectivity index (χ0) is 18.0. The Bertz CT molecular complexity index is 669. The minimum atomic E-state index is -2.88. The third-order valence-corrected chi connectivity index (χ3v) is 6.76. The Morgan fingerprint density at radius 1 is 1.32 bits per heavy atom. The summed E-state index contributed by atoms with van der Waals surface area (Å²) >= 11 is 0. The van der Waals surface area contributed by atoms with Gasteiger partial charge in [0.15, 0.2) is 15.8 Å². The van der Waals surface area contributed by atoms with Crippen molar-refractivity contribution in [3.63, 3.8) is 0 Å². The summed E-state index contributed by atoms with van der Waals surface area (Å²) in [6, 6.07) is 0.446. The first kappa shape index (κ1) is 18.2. The average molecular weight is 369 g/mol. The Balaban J connectivity index is 1.60. The maximum Gasteiger partial charge on any atom is 0.242 e. The molecule has 25 heavy (non-hydrogen) atoms. The number of hydrogen-bond acceptors (Lipinski definition) is 4. The molecule has 1 aliphatic carbocycles. The molecule has 1 amide bonds. The summed E-state index contributed by atoms with van der Waals surface area (Å²) in [5.41, 5.74) is 0.950. The van der Waals surface area contributed by atoms with Crippen LogP contribution in [0.2, 0.25) is 0 Å². The summed E-state index contributed by atoms with van der Waals surface area (Å²) in [6.45, 7) is 8.70. The minimum absolute atomic E-state index is 0.114. The summed E-state index contributed by atoms with van der Waals surface area (Å²) < 4.78 is 23.2. The van der Waals surface area contributed by atoms with Crippen molar-refractivity contribution in [2.45, 2.75) is 32.2 Å². The summed E-state index contributed by atoms with van der Waals surface area (Å²) in [7, 11) is -2.88. The smallest absolute Gasteiger partial charge is 0.242 e. The zero-order valence-electron chi connectivity index (χ0n) is 14.9. The second kappa shape index (κ2) is 7.35. The molecule has 2 saturated heterocycles. The predicted molar refractivity (Wildman–Crippen MR) is 98.2 cm³/mol. The standard InChI is InChI=1S/C17H28N4O3S/c1-13(2)9-18-17(19-10-14-5-8-25(23,24)12-14)20-6-7-21(15-3-4-15)16(22)11-20/h14-15H,1,3-12H2,2H3,(H,18,19). The second-order valence-corrected chi connectivity index (χ2v) is 9.72. The lowest BCUT2D eigenvalue weighted by molar-refractivity contribution is -0.135. The number of amides is 1. The SMILES string of the molecule is C=C(C)CN=C(NCC1CCS(=O)(=O)C1)N1CCN(C2CC2)C(=O)C1. The number of aliphatic imine (C=N–C) groups is 1. The van der Waals surface area contributed by atoms with Crippen LogP contribution in [0.15, 0.2) is 17.1 Å². The topological polar surface area (TPSA) is 82.1 Å². The molecule has 0 aromatic rings. The van der Waals surface area contributed by atoms with E-state index in [0.29, 0.717) is 38.1 Å². The molecule has 3 rings (SSSR count). The van der Waals surface area contributed by atoms with E-state index in [1.807, 2.05) is 16.7 Å². The third kappa shape index (κ3) is 4.96. The van der Waals surface area contributed by atoms with Crippen LogP contribution in [-0.4, -0.2) is 80.4 Å². The molecule has 1 N–H and O–H groups in total. The molecular formula is C17H28N4O3S. The van der Waals surface area contributed by atoms with Gasteiger partial charge in [-0.15, -0.1) is 0 Å². The first-order valence-corrected chi connectivity index (χ1v) is 10.8. The van der Waals surface area contributed by atoms with Crippen molar-refractivity contribution in [1.29, 1.82) is 0 Å². The summed E-state index contributed by atoms with van der Waals surface area (Å²) in [5, 5.41) is 3.30. The fraction of sp³-hybridized carbons (Fsp3) is 0.765. The van der Waals surface area contributed by atoms with Gasteiger partial charge in [-0.1, -0.05) is 12.2 Å². The Labute approximate surface area is 150 Å². The Hall–Kier alpha value is -1.57. The van der Waals surface area contributed by atoms with E-state index in [9.17, 15) is 13.2 Å². The molecule has 3 fully saturated rings. The summed E-state index contributed by atoms with van der Waals surface area (Å²) in [4.78, 5) is 20.9. The number of piperazine rings is 1. The number of rotatable bonds is 5. The fourth-order valence-electron chi connectivity index (χ4n) is 3.39. The first-order chi connectivity index (χ1) is 11.8. The van der Waals surface area contributed by atoms with Gasteiger partial charge in [-0.3, -0.25) is 4.79 Å². The summed E-state index contributed by atoms with van der Waals surface area (Å²) in [6.07, 6.45) is 2.94. The average Bonchev–Trinajstić information content (AvgIpc) is 3.31. The maximum atomic E-state index is 12.4. The van der Waals surface area contributed by atoms with Gasteiger partial charge < -0.3 is 15.1 Å². The van der Waals surface area contributed by atoms with Gasteiger partial charge in [-0.2, -0.15) is 0 Å². The highest BCUT2D eigenvalue weighted by atomic mass is 32.2. The summed E-state index contributed by atoms with van der Waals surface area (Å²) in [5.74, 6) is 1.47. The minimum Gasteiger partial charge on any atom is -0.356 e. The highest BCUT2D eigenvalue weighted by Crippen LogP contribution is 2.28. The van der Waals surface area contributed by atoms with Crippen molar-refractivity contribution < 1.29 is 13.2 Å². The highest BCUT2D eigenvalue weighted by molar-refractivity contribution is 7.91. The molecule has 1 saturated carbocycles. The maximum absolute atomic E-state index is 12.4. The van der Waals surface area contributed by atoms with E-state index < -0.39 is 9.84 Å². The normalized spacial score (nSPS) is 26.8. The van der Waals surface area contributed by atoms with Crippen LogP contribution >= 0.6 is 0 Å². The van der Waals surface area contributed by atoms with Crippen LogP contribution in [0.25, 0.3) is 0 Å². The molecule has 7 nitrogen and oxygen atoms in total. The van der Waals surface area contributed by atoms with Crippen LogP contribution in [0.4, 0.5) is 0 Å². The number of nitrogens with zero attached hydrogens (tertiary/aromatic N) is 3. The van der Waals surface area contributed by atoms with E-state index in [0.717, 1.165) is 31.5 Å². The lowest BCUT2D eigenvalue weighted by Crippen LogP contribution is -2.56. The van der Waals surface area contributed by atoms with E-state index in [-0.39, 0.29) is 23.3 Å². The van der Waals surface area contributed by atoms with Crippen LogP contribution in [-0.2, 0) is 14.6 Å². The molecule has 0 aromatic carbocycles. The number of carbonyl (C=O) groups is 1. The van der Waals surface area contributed by atoms with Gasteiger partial charge in [0.2, 0.25) is 5.91 Å². The largest absolute Gasteiger partial charge is 0.356 e. The molecule has 140 valence electrons. The molecule has 8 heteroatoms. The first-order valence-electron chi connectivity index (χ1n) is 9.01. The van der Waals surface area contributed by atoms with Gasteiger partial charge in [0.25, 0.3) is 0 Å². The molecule has 0 spiro atoms. The Morgan fingerprint density at radius 3 is 2.64 bits per heavy atom. The highest BCUT2D eigenvalue weighted by Gasteiger charge is 2.36. The lowest BCUT2D eigenvalue weighted by Gasteiger charge is -2.36. The molecule has 1 unspecified atom stereocenters. The lowest BCUT2D eigenvalue weighted by atomic mass is 10.1. The van der Waals surface area contributed by atoms with Gasteiger partial charge in [0, 0.05) is 25.7 Å². The van der Waals surface area contributed by atoms with Crippen molar-refractivity contribution in [2.75, 3.05) is 44.2 Å². The van der Waals surface area contributed by atoms with Gasteiger partial charge in [-0.25, -0.2) is 13.4 Å². The van der Waals surface area contributed by atoms with Gasteiger partial charge in [0.1, 0.15) is 0 Å². The van der Waals surface area contributed by atoms with Crippen molar-refractivity contribution >= 4 is 21.7 Å². The van der Waals surface area contributed by atoms with Crippen LogP contribution in [0.1, 0.15) is 26.2 Å². The molecule has 0 bridgehead atoms. The van der Waals surface area contributed by atoms with Crippen LogP contribution < -0.4 is 5.32 Å². The monoisotopic (exact) mass is 368 g/mol. The van der Waals surface area contributed by atoms with E-state index in [1.165, 1.54) is 0 Å². The van der Waals surface area contributed by atoms with Crippen LogP contribution in [0.5, 0.6) is 0 Å². The van der Waals surface area contributed by atoms with Crippen molar-refractivity contribution in [1.82, 2.24) is 15.1 Å². The van der Waals surface area contributed by atoms with E-state index in [1.54, 1.807) is 0 Å². The molecule has 0 radical (unpaired) electrons. The number of guanidine groups is 1. The second-order valence-electron chi connectivity index (χ2n) is 7.49. The Morgan fingerprint density at radius 2 is 2.08 bits per heavy atom. The van der Waals surface area contributed by atoms with Crippen molar-refractivity contribution in [3.8, 4) is 0 Å². The predicted octanol–water partition coefficient (Wildman–Crippen LogP) is 0.249. The molecule has 2 heterocycles. The van der Waals surface area contributed by atoms with E-state index >= 15 is 0 Å². The van der Waals surface area contributed by atoms with Gasteiger partial charge >= 0.3 is 0 Å². The molecular weight excluding hydrogens is 340 g/mol. The van der Waals surface area contributed by atoms with Crippen LogP contribution in [0, 0.1) is 5.92 Å². The van der Waals surface area contributed by atoms with E-state index in [2.05, 4.69) is 16.9 Å². The van der Waals surface area contributed by atoms with Gasteiger partial charge in [-0.05, 0) is 32.1 Å². The number of carbonyl (C=O) groups excluding carboxylic acids is 1. The Kier molecular flexibility index (Phi) is 5.36. The van der Waals surface area contributed by atoms with Crippen molar-refractivity contribution in [2.24, 2.45) is 10.9 Å². The van der Waals surface area contributed by atoms with Crippen molar-refractivity contribution in [3.05, 3.63) is 12.2 Å². The quantitative estimate of drug-likeness (QED) is 0.427.